The van der Waals surface area contributed by atoms with Crippen LogP contribution in [0.3, 0.4) is 0 Å². The summed E-state index contributed by atoms with van der Waals surface area (Å²) in [7, 11) is 1.53. The van der Waals surface area contributed by atoms with Crippen LogP contribution < -0.4 is 10.1 Å². The van der Waals surface area contributed by atoms with E-state index in [2.05, 4.69) is 20.3 Å². The summed E-state index contributed by atoms with van der Waals surface area (Å²) in [4.78, 5) is 27.0. The Balaban J connectivity index is 1.60. The number of aromatic nitrogens is 3. The molecule has 4 rings (SSSR count). The molecule has 0 aliphatic carbocycles. The van der Waals surface area contributed by atoms with Gasteiger partial charge in [-0.3, -0.25) is 4.79 Å². The predicted molar refractivity (Wildman–Crippen MR) is 128 cm³/mol. The molecule has 0 unspecified atom stereocenters. The number of nitrogens with zero attached hydrogens (tertiary/aromatic N) is 4. The Kier molecular flexibility index (Phi) is 7.36. The zero-order valence-electron chi connectivity index (χ0n) is 20.1. The predicted octanol–water partition coefficient (Wildman–Crippen LogP) is 5.53. The highest BCUT2D eigenvalue weighted by Crippen LogP contribution is 2.38. The highest BCUT2D eigenvalue weighted by Gasteiger charge is 2.47. The van der Waals surface area contributed by atoms with Gasteiger partial charge in [-0.1, -0.05) is 6.92 Å². The number of piperidine rings is 1. The minimum absolute atomic E-state index is 0.0324. The number of carbonyl (C=O) groups excluding carboxylic acids is 1. The van der Waals surface area contributed by atoms with Crippen molar-refractivity contribution in [2.45, 2.75) is 38.4 Å². The van der Waals surface area contributed by atoms with Crippen molar-refractivity contribution in [1.82, 2.24) is 19.9 Å². The standard InChI is InChI=1S/C24H24F5N5O2S/c1-13-8-23(25,26)12-34(18(13)11-32-22-30-9-16(10-31-22)24(27,28)29)21(35)19-20(37-14(2)33-19)15-4-6-17(36-3)7-5-15/h4-7,9-10,13,18H,8,11-12H2,1-3H3,(H,30,31,32)/t13-,18-/m1/s1. The molecule has 0 radical (unpaired) electrons. The first kappa shape index (κ1) is 26.7. The Morgan fingerprint density at radius 1 is 1.22 bits per heavy atom. The number of thiazole rings is 1. The number of halogens is 5. The van der Waals surface area contributed by atoms with Crippen molar-refractivity contribution < 1.29 is 31.5 Å². The fourth-order valence-electron chi connectivity index (χ4n) is 4.29. The number of methoxy groups -OCH3 is 1. The van der Waals surface area contributed by atoms with Gasteiger partial charge in [-0.2, -0.15) is 13.2 Å². The third kappa shape index (κ3) is 5.97. The quantitative estimate of drug-likeness (QED) is 0.413. The number of nitrogens with one attached hydrogen (secondary N) is 1. The molecule has 1 aliphatic rings. The molecule has 13 heteroatoms. The zero-order chi connectivity index (χ0) is 27.0. The van der Waals surface area contributed by atoms with Gasteiger partial charge in [-0.15, -0.1) is 11.3 Å². The molecule has 1 aliphatic heterocycles. The van der Waals surface area contributed by atoms with Gasteiger partial charge in [-0.25, -0.2) is 23.7 Å². The molecule has 1 fully saturated rings. The van der Waals surface area contributed by atoms with E-state index < -0.39 is 48.5 Å². The molecule has 2 aromatic heterocycles. The molecule has 1 N–H and O–H groups in total. The number of likely N-dealkylation sites (tertiary alicyclic amines) is 1. The number of benzene rings is 1. The minimum Gasteiger partial charge on any atom is -0.497 e. The molecule has 3 aromatic rings. The second-order valence-electron chi connectivity index (χ2n) is 8.85. The van der Waals surface area contributed by atoms with Crippen LogP contribution in [0.15, 0.2) is 36.7 Å². The van der Waals surface area contributed by atoms with Crippen molar-refractivity contribution in [3.8, 4) is 16.2 Å². The molecular weight excluding hydrogens is 517 g/mol. The normalized spacial score (nSPS) is 19.5. The maximum absolute atomic E-state index is 14.6. The van der Waals surface area contributed by atoms with Crippen molar-refractivity contribution in [3.63, 3.8) is 0 Å². The summed E-state index contributed by atoms with van der Waals surface area (Å²) in [6.07, 6.45) is -3.76. The van der Waals surface area contributed by atoms with Gasteiger partial charge in [0.05, 0.1) is 35.1 Å². The smallest absolute Gasteiger partial charge is 0.419 e. The number of aryl methyl sites for hydroxylation is 1. The molecular formula is C24H24F5N5O2S. The lowest BCUT2D eigenvalue weighted by Gasteiger charge is -2.43. The highest BCUT2D eigenvalue weighted by molar-refractivity contribution is 7.15. The van der Waals surface area contributed by atoms with E-state index in [0.717, 1.165) is 4.90 Å². The molecule has 37 heavy (non-hydrogen) atoms. The van der Waals surface area contributed by atoms with E-state index in [1.54, 1.807) is 38.1 Å². The Morgan fingerprint density at radius 3 is 2.46 bits per heavy atom. The largest absolute Gasteiger partial charge is 0.497 e. The molecule has 0 bridgehead atoms. The van der Waals surface area contributed by atoms with Crippen LogP contribution in [0.1, 0.15) is 34.4 Å². The second kappa shape index (κ2) is 10.2. The van der Waals surface area contributed by atoms with Gasteiger partial charge in [0.2, 0.25) is 5.95 Å². The summed E-state index contributed by atoms with van der Waals surface area (Å²) in [6.45, 7) is 2.48. The molecule has 0 spiro atoms. The number of rotatable bonds is 6. The van der Waals surface area contributed by atoms with E-state index in [9.17, 15) is 26.7 Å². The summed E-state index contributed by atoms with van der Waals surface area (Å²) >= 11 is 1.27. The maximum atomic E-state index is 14.6. The number of anilines is 1. The number of hydrogen-bond donors (Lipinski definition) is 1. The van der Waals surface area contributed by atoms with Gasteiger partial charge in [0, 0.05) is 25.4 Å². The van der Waals surface area contributed by atoms with Crippen LogP contribution in [0.2, 0.25) is 0 Å². The number of amides is 1. The van der Waals surface area contributed by atoms with E-state index in [0.29, 0.717) is 33.6 Å². The van der Waals surface area contributed by atoms with Crippen LogP contribution in [-0.2, 0) is 6.18 Å². The van der Waals surface area contributed by atoms with E-state index in [4.69, 9.17) is 4.74 Å². The third-order valence-corrected chi connectivity index (χ3v) is 7.10. The lowest BCUT2D eigenvalue weighted by molar-refractivity contribution is -0.138. The van der Waals surface area contributed by atoms with Gasteiger partial charge >= 0.3 is 6.18 Å². The minimum atomic E-state index is -4.58. The van der Waals surface area contributed by atoms with Crippen molar-refractivity contribution in [3.05, 3.63) is 52.9 Å². The molecule has 1 aromatic carbocycles. The Morgan fingerprint density at radius 2 is 1.86 bits per heavy atom. The number of carbonyl (C=O) groups is 1. The summed E-state index contributed by atoms with van der Waals surface area (Å²) in [5.74, 6) is -3.87. The fraction of sp³-hybridized carbons (Fsp3) is 0.417. The number of alkyl halides is 5. The zero-order valence-corrected chi connectivity index (χ0v) is 21.0. The van der Waals surface area contributed by atoms with Gasteiger partial charge in [0.25, 0.3) is 11.8 Å². The van der Waals surface area contributed by atoms with Crippen molar-refractivity contribution in [2.75, 3.05) is 25.5 Å². The molecule has 1 amide bonds. The number of ether oxygens (including phenoxy) is 1. The maximum Gasteiger partial charge on any atom is 0.419 e. The monoisotopic (exact) mass is 541 g/mol. The lowest BCUT2D eigenvalue weighted by Crippen LogP contribution is -2.57. The molecule has 1 saturated heterocycles. The first-order valence-electron chi connectivity index (χ1n) is 11.3. The van der Waals surface area contributed by atoms with Crippen molar-refractivity contribution in [2.24, 2.45) is 5.92 Å². The van der Waals surface area contributed by atoms with Crippen LogP contribution in [0, 0.1) is 12.8 Å². The van der Waals surface area contributed by atoms with Crippen molar-refractivity contribution in [1.29, 1.82) is 0 Å². The first-order valence-corrected chi connectivity index (χ1v) is 12.1. The van der Waals surface area contributed by atoms with Crippen LogP contribution in [-0.4, -0.2) is 57.9 Å². The third-order valence-electron chi connectivity index (χ3n) is 6.08. The van der Waals surface area contributed by atoms with Crippen LogP contribution >= 0.6 is 11.3 Å². The topological polar surface area (TPSA) is 80.2 Å². The molecule has 198 valence electrons. The van der Waals surface area contributed by atoms with Gasteiger partial charge in [-0.05, 0) is 42.7 Å². The van der Waals surface area contributed by atoms with E-state index in [1.165, 1.54) is 18.4 Å². The van der Waals surface area contributed by atoms with Crippen molar-refractivity contribution >= 4 is 23.2 Å². The summed E-state index contributed by atoms with van der Waals surface area (Å²) in [6, 6.07) is 6.27. The van der Waals surface area contributed by atoms with Gasteiger partial charge in [0.15, 0.2) is 0 Å². The molecule has 2 atom stereocenters. The van der Waals surface area contributed by atoms with E-state index in [1.807, 2.05) is 0 Å². The first-order chi connectivity index (χ1) is 17.4. The van der Waals surface area contributed by atoms with Crippen LogP contribution in [0.25, 0.3) is 10.4 Å². The summed E-state index contributed by atoms with van der Waals surface area (Å²) < 4.78 is 72.8. The average molecular weight is 542 g/mol. The van der Waals surface area contributed by atoms with Crippen LogP contribution in [0.5, 0.6) is 5.75 Å². The lowest BCUT2D eigenvalue weighted by atomic mass is 9.88. The Hall–Kier alpha value is -3.35. The highest BCUT2D eigenvalue weighted by atomic mass is 32.1. The Bertz CT molecular complexity index is 1250. The number of hydrogen-bond acceptors (Lipinski definition) is 7. The molecule has 3 heterocycles. The van der Waals surface area contributed by atoms with E-state index in [-0.39, 0.29) is 18.2 Å². The average Bonchev–Trinajstić information content (AvgIpc) is 3.23. The molecule has 7 nitrogen and oxygen atoms in total. The van der Waals surface area contributed by atoms with Crippen LogP contribution in [0.4, 0.5) is 27.9 Å². The molecule has 0 saturated carbocycles. The second-order valence-corrected chi connectivity index (χ2v) is 10.1. The van der Waals surface area contributed by atoms with Gasteiger partial charge in [0.1, 0.15) is 11.4 Å². The summed E-state index contributed by atoms with van der Waals surface area (Å²) in [5.41, 5.74) is -0.252. The van der Waals surface area contributed by atoms with E-state index >= 15 is 0 Å². The summed E-state index contributed by atoms with van der Waals surface area (Å²) in [5, 5.41) is 3.39. The SMILES string of the molecule is COc1ccc(-c2sc(C)nc2C(=O)N2CC(F)(F)C[C@@H](C)[C@H]2CNc2ncc(C(F)(F)F)cn2)cc1. The van der Waals surface area contributed by atoms with Gasteiger partial charge < -0.3 is 15.0 Å². The Labute approximate surface area is 213 Å². The fourth-order valence-corrected chi connectivity index (χ4v) is 5.20.